The molecule has 4 heterocycles. The normalized spacial score (nSPS) is 23.6. The highest BCUT2D eigenvalue weighted by molar-refractivity contribution is 6.62. The molecule has 0 saturated carbocycles. The van der Waals surface area contributed by atoms with Gasteiger partial charge in [-0.05, 0) is 69.1 Å². The summed E-state index contributed by atoms with van der Waals surface area (Å²) in [5.74, 6) is 0.517. The first-order valence-corrected chi connectivity index (χ1v) is 10.7. The highest BCUT2D eigenvalue weighted by Gasteiger charge is 2.52. The lowest BCUT2D eigenvalue weighted by molar-refractivity contribution is 0.00578. The molecule has 1 radical (unpaired) electrons. The standard InChI is InChI=1S/C23H29BN3O3/c1-21(2)13-15-11-17-20(28)27(10-9-26(17)18(15)14-21)19-12-16(7-8-25-19)24-29-22(3,4)23(5,6)30-24/h7-8,11H,9-10,13-14H2,1-6H3. The number of carbonyl (C=O) groups is 1. The minimum Gasteiger partial charge on any atom is -0.399 e. The minimum absolute atomic E-state index is 0.0109. The summed E-state index contributed by atoms with van der Waals surface area (Å²) in [6, 6.07) is 7.22. The Morgan fingerprint density at radius 1 is 1.07 bits per heavy atom. The molecule has 30 heavy (non-hydrogen) atoms. The van der Waals surface area contributed by atoms with Gasteiger partial charge in [0.05, 0.1) is 11.2 Å². The van der Waals surface area contributed by atoms with Gasteiger partial charge >= 0.3 is 7.12 Å². The SMILES string of the molecule is CC1(C)Cc2cc3n(c2C1)CCN(c1[c]c(B2OC(C)(C)C(C)(C)O2)ccn1)C3=O. The number of hydrogen-bond donors (Lipinski definition) is 0. The van der Waals surface area contributed by atoms with Gasteiger partial charge in [0.15, 0.2) is 0 Å². The van der Waals surface area contributed by atoms with E-state index in [9.17, 15) is 4.79 Å². The lowest BCUT2D eigenvalue weighted by atomic mass is 9.79. The molecule has 0 atom stereocenters. The van der Waals surface area contributed by atoms with Gasteiger partial charge in [-0.3, -0.25) is 9.69 Å². The predicted molar refractivity (Wildman–Crippen MR) is 116 cm³/mol. The van der Waals surface area contributed by atoms with E-state index in [0.717, 1.165) is 30.5 Å². The Kier molecular flexibility index (Phi) is 4.10. The van der Waals surface area contributed by atoms with E-state index in [2.05, 4.69) is 35.5 Å². The van der Waals surface area contributed by atoms with Gasteiger partial charge in [-0.25, -0.2) is 4.98 Å². The summed E-state index contributed by atoms with van der Waals surface area (Å²) >= 11 is 0. The van der Waals surface area contributed by atoms with Crippen LogP contribution >= 0.6 is 0 Å². The Hall–Kier alpha value is -2.12. The summed E-state index contributed by atoms with van der Waals surface area (Å²) in [5.41, 5.74) is 3.59. The van der Waals surface area contributed by atoms with Crippen LogP contribution in [0, 0.1) is 11.5 Å². The summed E-state index contributed by atoms with van der Waals surface area (Å²) in [7, 11) is -0.522. The average Bonchev–Trinajstić information content (AvgIpc) is 3.21. The molecule has 5 rings (SSSR count). The summed E-state index contributed by atoms with van der Waals surface area (Å²) < 4.78 is 14.5. The van der Waals surface area contributed by atoms with Crippen molar-refractivity contribution >= 4 is 24.3 Å². The number of carbonyl (C=O) groups excluding carboxylic acids is 1. The molecule has 0 aromatic carbocycles. The van der Waals surface area contributed by atoms with Crippen molar-refractivity contribution in [3.63, 3.8) is 0 Å². The number of aromatic nitrogens is 2. The molecule has 157 valence electrons. The fraction of sp³-hybridized carbons (Fsp3) is 0.565. The van der Waals surface area contributed by atoms with Crippen molar-refractivity contribution in [2.24, 2.45) is 5.41 Å². The molecule has 0 bridgehead atoms. The zero-order valence-corrected chi connectivity index (χ0v) is 18.7. The quantitative estimate of drug-likeness (QED) is 0.720. The molecule has 1 fully saturated rings. The van der Waals surface area contributed by atoms with E-state index in [1.165, 1.54) is 11.3 Å². The third-order valence-corrected chi connectivity index (χ3v) is 7.09. The first-order valence-electron chi connectivity index (χ1n) is 10.7. The van der Waals surface area contributed by atoms with Crippen LogP contribution < -0.4 is 10.4 Å². The summed E-state index contributed by atoms with van der Waals surface area (Å²) in [6.45, 7) is 14.0. The van der Waals surface area contributed by atoms with Gasteiger partial charge in [0.2, 0.25) is 0 Å². The first-order chi connectivity index (χ1) is 14.0. The maximum Gasteiger partial charge on any atom is 0.495 e. The molecular formula is C23H29BN3O3. The van der Waals surface area contributed by atoms with E-state index in [4.69, 9.17) is 9.31 Å². The van der Waals surface area contributed by atoms with Gasteiger partial charge in [-0.15, -0.1) is 0 Å². The van der Waals surface area contributed by atoms with Gasteiger partial charge < -0.3 is 13.9 Å². The Morgan fingerprint density at radius 2 is 1.77 bits per heavy atom. The number of pyridine rings is 1. The topological polar surface area (TPSA) is 56.6 Å². The highest BCUT2D eigenvalue weighted by atomic mass is 16.7. The second-order valence-electron chi connectivity index (χ2n) is 10.6. The van der Waals surface area contributed by atoms with Crippen LogP contribution in [0.3, 0.4) is 0 Å². The molecule has 1 amide bonds. The average molecular weight is 406 g/mol. The number of anilines is 1. The molecule has 1 aliphatic carbocycles. The molecule has 6 nitrogen and oxygen atoms in total. The lowest BCUT2D eigenvalue weighted by Crippen LogP contribution is -2.42. The number of hydrogen-bond acceptors (Lipinski definition) is 4. The van der Waals surface area contributed by atoms with Crippen LogP contribution in [0.5, 0.6) is 0 Å². The van der Waals surface area contributed by atoms with Crippen LogP contribution in [0.15, 0.2) is 18.3 Å². The third-order valence-electron chi connectivity index (χ3n) is 7.09. The van der Waals surface area contributed by atoms with Gasteiger partial charge in [-0.1, -0.05) is 13.8 Å². The minimum atomic E-state index is -0.522. The zero-order valence-electron chi connectivity index (χ0n) is 18.7. The van der Waals surface area contributed by atoms with E-state index in [0.29, 0.717) is 12.4 Å². The monoisotopic (exact) mass is 406 g/mol. The van der Waals surface area contributed by atoms with Crippen molar-refractivity contribution in [1.29, 1.82) is 0 Å². The zero-order chi connectivity index (χ0) is 21.5. The molecule has 1 saturated heterocycles. The van der Waals surface area contributed by atoms with Gasteiger partial charge in [0, 0.05) is 31.0 Å². The molecule has 0 N–H and O–H groups in total. The largest absolute Gasteiger partial charge is 0.495 e. The number of fused-ring (bicyclic) bond motifs is 3. The Morgan fingerprint density at radius 3 is 2.47 bits per heavy atom. The van der Waals surface area contributed by atoms with Crippen molar-refractivity contribution < 1.29 is 14.1 Å². The van der Waals surface area contributed by atoms with Crippen LogP contribution in [0.2, 0.25) is 0 Å². The van der Waals surface area contributed by atoms with Gasteiger partial charge in [0.1, 0.15) is 11.5 Å². The van der Waals surface area contributed by atoms with E-state index >= 15 is 0 Å². The second-order valence-corrected chi connectivity index (χ2v) is 10.6. The fourth-order valence-corrected chi connectivity index (χ4v) is 4.75. The Bertz CT molecular complexity index is 1020. The van der Waals surface area contributed by atoms with Crippen molar-refractivity contribution in [3.05, 3.63) is 41.3 Å². The van der Waals surface area contributed by atoms with Gasteiger partial charge in [0.25, 0.3) is 5.91 Å². The number of amides is 1. The van der Waals surface area contributed by atoms with Crippen molar-refractivity contribution in [2.75, 3.05) is 11.4 Å². The van der Waals surface area contributed by atoms with Crippen LogP contribution in [0.1, 0.15) is 63.3 Å². The molecule has 2 aliphatic heterocycles. The van der Waals surface area contributed by atoms with Crippen LogP contribution in [-0.2, 0) is 28.7 Å². The second kappa shape index (κ2) is 6.20. The maximum absolute atomic E-state index is 13.3. The van der Waals surface area contributed by atoms with E-state index in [1.807, 2.05) is 33.8 Å². The third kappa shape index (κ3) is 2.94. The lowest BCUT2D eigenvalue weighted by Gasteiger charge is -2.32. The maximum atomic E-state index is 13.3. The molecule has 2 aromatic heterocycles. The predicted octanol–water partition coefficient (Wildman–Crippen LogP) is 2.77. The molecule has 0 unspecified atom stereocenters. The van der Waals surface area contributed by atoms with Crippen LogP contribution in [-0.4, -0.2) is 40.3 Å². The first kappa shape index (κ1) is 19.8. The Labute approximate surface area is 178 Å². The van der Waals surface area contributed by atoms with Crippen LogP contribution in [0.25, 0.3) is 0 Å². The molecule has 3 aliphatic rings. The Balaban J connectivity index is 1.42. The van der Waals surface area contributed by atoms with E-state index < -0.39 is 18.3 Å². The summed E-state index contributed by atoms with van der Waals surface area (Å²) in [4.78, 5) is 19.5. The van der Waals surface area contributed by atoms with Crippen molar-refractivity contribution in [2.45, 2.75) is 72.1 Å². The molecule has 2 aromatic rings. The number of nitrogens with zero attached hydrogens (tertiary/aromatic N) is 3. The van der Waals surface area contributed by atoms with E-state index in [1.54, 1.807) is 11.1 Å². The summed E-state index contributed by atoms with van der Waals surface area (Å²) in [6.07, 6.45) is 3.75. The highest BCUT2D eigenvalue weighted by Crippen LogP contribution is 2.39. The molecule has 0 spiro atoms. The smallest absolute Gasteiger partial charge is 0.399 e. The fourth-order valence-electron chi connectivity index (χ4n) is 4.75. The van der Waals surface area contributed by atoms with Crippen molar-refractivity contribution in [1.82, 2.24) is 9.55 Å². The van der Waals surface area contributed by atoms with Crippen LogP contribution in [0.4, 0.5) is 5.82 Å². The molecular weight excluding hydrogens is 377 g/mol. The van der Waals surface area contributed by atoms with Crippen molar-refractivity contribution in [3.8, 4) is 0 Å². The molecule has 7 heteroatoms. The number of rotatable bonds is 2. The summed E-state index contributed by atoms with van der Waals surface area (Å²) in [5, 5.41) is 0. The van der Waals surface area contributed by atoms with E-state index in [-0.39, 0.29) is 11.3 Å². The van der Waals surface area contributed by atoms with Gasteiger partial charge in [-0.2, -0.15) is 0 Å².